The van der Waals surface area contributed by atoms with Crippen LogP contribution in [0.25, 0.3) is 0 Å². The van der Waals surface area contributed by atoms with E-state index >= 15 is 0 Å². The van der Waals surface area contributed by atoms with Gasteiger partial charge in [-0.3, -0.25) is 4.79 Å². The van der Waals surface area contributed by atoms with Gasteiger partial charge in [0.1, 0.15) is 0 Å². The Balaban J connectivity index is 1.78. The van der Waals surface area contributed by atoms with Crippen molar-refractivity contribution in [3.8, 4) is 0 Å². The maximum atomic E-state index is 12.7. The van der Waals surface area contributed by atoms with Crippen molar-refractivity contribution in [2.45, 2.75) is 24.9 Å². The van der Waals surface area contributed by atoms with Crippen molar-refractivity contribution in [2.24, 2.45) is 0 Å². The first-order valence-corrected chi connectivity index (χ1v) is 8.66. The Kier molecular flexibility index (Phi) is 4.54. The molecule has 1 aromatic carbocycles. The zero-order valence-corrected chi connectivity index (χ0v) is 12.9. The first kappa shape index (κ1) is 14.2. The summed E-state index contributed by atoms with van der Waals surface area (Å²) >= 11 is 8.16. The SMILES string of the molecule is O=C(C1CSCCN1)N1CCCC1c1ccccc1Cl. The van der Waals surface area contributed by atoms with Crippen LogP contribution >= 0.6 is 23.4 Å². The summed E-state index contributed by atoms with van der Waals surface area (Å²) in [5.74, 6) is 2.21. The van der Waals surface area contributed by atoms with Crippen LogP contribution in [0.5, 0.6) is 0 Å². The van der Waals surface area contributed by atoms with E-state index in [0.717, 1.165) is 48.0 Å². The highest BCUT2D eigenvalue weighted by Gasteiger charge is 2.35. The Hall–Kier alpha value is -0.710. The molecule has 0 bridgehead atoms. The largest absolute Gasteiger partial charge is 0.334 e. The van der Waals surface area contributed by atoms with Crippen LogP contribution in [0.4, 0.5) is 0 Å². The zero-order chi connectivity index (χ0) is 13.9. The van der Waals surface area contributed by atoms with Crippen LogP contribution in [0.3, 0.4) is 0 Å². The van der Waals surface area contributed by atoms with Crippen molar-refractivity contribution >= 4 is 29.3 Å². The number of hydrogen-bond acceptors (Lipinski definition) is 3. The van der Waals surface area contributed by atoms with Gasteiger partial charge in [-0.15, -0.1) is 0 Å². The number of carbonyl (C=O) groups excluding carboxylic acids is 1. The molecule has 5 heteroatoms. The molecule has 1 N–H and O–H groups in total. The summed E-state index contributed by atoms with van der Waals surface area (Å²) in [7, 11) is 0. The average Bonchev–Trinajstić information content (AvgIpc) is 2.97. The molecule has 20 heavy (non-hydrogen) atoms. The van der Waals surface area contributed by atoms with E-state index in [2.05, 4.69) is 5.32 Å². The maximum absolute atomic E-state index is 12.7. The van der Waals surface area contributed by atoms with Gasteiger partial charge in [0.25, 0.3) is 0 Å². The lowest BCUT2D eigenvalue weighted by molar-refractivity contribution is -0.133. The molecule has 2 aliphatic heterocycles. The number of carbonyl (C=O) groups is 1. The van der Waals surface area contributed by atoms with Gasteiger partial charge in [0.2, 0.25) is 5.91 Å². The minimum atomic E-state index is -0.0307. The van der Waals surface area contributed by atoms with Crippen molar-refractivity contribution in [1.82, 2.24) is 10.2 Å². The number of thioether (sulfide) groups is 1. The van der Waals surface area contributed by atoms with Crippen molar-refractivity contribution in [3.63, 3.8) is 0 Å². The topological polar surface area (TPSA) is 32.3 Å². The Bertz CT molecular complexity index is 491. The molecule has 0 radical (unpaired) electrons. The fourth-order valence-corrected chi connectivity index (χ4v) is 4.21. The molecular formula is C15H19ClN2OS. The highest BCUT2D eigenvalue weighted by atomic mass is 35.5. The molecule has 108 valence electrons. The Morgan fingerprint density at radius 3 is 3.00 bits per heavy atom. The molecule has 2 aliphatic rings. The lowest BCUT2D eigenvalue weighted by Gasteiger charge is -2.31. The summed E-state index contributed by atoms with van der Waals surface area (Å²) in [5.41, 5.74) is 1.09. The molecule has 0 aliphatic carbocycles. The van der Waals surface area contributed by atoms with Crippen molar-refractivity contribution < 1.29 is 4.79 Å². The number of hydrogen-bond donors (Lipinski definition) is 1. The first-order chi connectivity index (χ1) is 9.77. The molecule has 0 saturated carbocycles. The second-order valence-corrected chi connectivity index (χ2v) is 6.85. The lowest BCUT2D eigenvalue weighted by Crippen LogP contribution is -2.50. The molecule has 2 fully saturated rings. The van der Waals surface area contributed by atoms with E-state index in [1.807, 2.05) is 40.9 Å². The minimum absolute atomic E-state index is 0.0307. The van der Waals surface area contributed by atoms with Gasteiger partial charge in [-0.2, -0.15) is 11.8 Å². The number of halogens is 1. The summed E-state index contributed by atoms with van der Waals surface area (Å²) in [6.07, 6.45) is 2.07. The van der Waals surface area contributed by atoms with Crippen LogP contribution < -0.4 is 5.32 Å². The minimum Gasteiger partial charge on any atom is -0.334 e. The van der Waals surface area contributed by atoms with Gasteiger partial charge in [-0.05, 0) is 24.5 Å². The molecular weight excluding hydrogens is 292 g/mol. The number of amides is 1. The Morgan fingerprint density at radius 1 is 1.40 bits per heavy atom. The maximum Gasteiger partial charge on any atom is 0.241 e. The van der Waals surface area contributed by atoms with Crippen LogP contribution in [-0.4, -0.2) is 41.4 Å². The van der Waals surface area contributed by atoms with Crippen LogP contribution in [-0.2, 0) is 4.79 Å². The van der Waals surface area contributed by atoms with Gasteiger partial charge in [0.15, 0.2) is 0 Å². The van der Waals surface area contributed by atoms with E-state index < -0.39 is 0 Å². The second kappa shape index (κ2) is 6.37. The van der Waals surface area contributed by atoms with Crippen LogP contribution in [0, 0.1) is 0 Å². The van der Waals surface area contributed by atoms with Crippen molar-refractivity contribution in [3.05, 3.63) is 34.9 Å². The quantitative estimate of drug-likeness (QED) is 0.911. The van der Waals surface area contributed by atoms with Crippen LogP contribution in [0.15, 0.2) is 24.3 Å². The predicted molar refractivity (Wildman–Crippen MR) is 84.3 cm³/mol. The molecule has 1 aromatic rings. The third-order valence-electron chi connectivity index (χ3n) is 4.02. The van der Waals surface area contributed by atoms with Crippen molar-refractivity contribution in [2.75, 3.05) is 24.6 Å². The number of rotatable bonds is 2. The molecule has 0 spiro atoms. The molecule has 2 heterocycles. The summed E-state index contributed by atoms with van der Waals surface area (Å²) in [6.45, 7) is 1.77. The highest BCUT2D eigenvalue weighted by Crippen LogP contribution is 2.36. The molecule has 3 nitrogen and oxygen atoms in total. The van der Waals surface area contributed by atoms with E-state index in [-0.39, 0.29) is 18.0 Å². The molecule has 2 saturated heterocycles. The van der Waals surface area contributed by atoms with E-state index in [1.54, 1.807) is 0 Å². The summed E-state index contributed by atoms with van der Waals surface area (Å²) in [4.78, 5) is 14.7. The van der Waals surface area contributed by atoms with Gasteiger partial charge in [0.05, 0.1) is 12.1 Å². The van der Waals surface area contributed by atoms with E-state index in [1.165, 1.54) is 0 Å². The highest BCUT2D eigenvalue weighted by molar-refractivity contribution is 7.99. The van der Waals surface area contributed by atoms with Gasteiger partial charge < -0.3 is 10.2 Å². The Labute approximate surface area is 129 Å². The van der Waals surface area contributed by atoms with Gasteiger partial charge >= 0.3 is 0 Å². The third-order valence-corrected chi connectivity index (χ3v) is 5.43. The fourth-order valence-electron chi connectivity index (χ4n) is 3.02. The molecule has 2 unspecified atom stereocenters. The van der Waals surface area contributed by atoms with E-state index in [4.69, 9.17) is 11.6 Å². The molecule has 0 aromatic heterocycles. The molecule has 3 rings (SSSR count). The smallest absolute Gasteiger partial charge is 0.241 e. The van der Waals surface area contributed by atoms with Crippen LogP contribution in [0.1, 0.15) is 24.4 Å². The first-order valence-electron chi connectivity index (χ1n) is 7.13. The van der Waals surface area contributed by atoms with E-state index in [9.17, 15) is 4.79 Å². The number of benzene rings is 1. The average molecular weight is 311 g/mol. The second-order valence-electron chi connectivity index (χ2n) is 5.29. The molecule has 1 amide bonds. The Morgan fingerprint density at radius 2 is 2.25 bits per heavy atom. The zero-order valence-electron chi connectivity index (χ0n) is 11.3. The normalized spacial score (nSPS) is 26.8. The molecule has 2 atom stereocenters. The van der Waals surface area contributed by atoms with Gasteiger partial charge in [-0.25, -0.2) is 0 Å². The third kappa shape index (κ3) is 2.83. The number of nitrogens with one attached hydrogen (secondary N) is 1. The summed E-state index contributed by atoms with van der Waals surface area (Å²) in [6, 6.07) is 8.00. The standard InChI is InChI=1S/C15H19ClN2OS/c16-12-5-2-1-4-11(12)14-6-3-8-18(14)15(19)13-10-20-9-7-17-13/h1-2,4-5,13-14,17H,3,6-10H2. The fraction of sp³-hybridized carbons (Fsp3) is 0.533. The van der Waals surface area contributed by atoms with Gasteiger partial charge in [0, 0.05) is 29.6 Å². The lowest BCUT2D eigenvalue weighted by atomic mass is 10.0. The van der Waals surface area contributed by atoms with Gasteiger partial charge in [-0.1, -0.05) is 29.8 Å². The predicted octanol–water partition coefficient (Wildman–Crippen LogP) is 2.71. The van der Waals surface area contributed by atoms with Crippen LogP contribution in [0.2, 0.25) is 5.02 Å². The number of likely N-dealkylation sites (tertiary alicyclic amines) is 1. The summed E-state index contributed by atoms with van der Waals surface area (Å²) in [5, 5.41) is 4.10. The monoisotopic (exact) mass is 310 g/mol. The van der Waals surface area contributed by atoms with Crippen molar-refractivity contribution in [1.29, 1.82) is 0 Å². The number of nitrogens with zero attached hydrogens (tertiary/aromatic N) is 1. The summed E-state index contributed by atoms with van der Waals surface area (Å²) < 4.78 is 0. The van der Waals surface area contributed by atoms with E-state index in [0.29, 0.717) is 0 Å².